The molecule has 0 aliphatic rings. The predicted octanol–water partition coefficient (Wildman–Crippen LogP) is -0.315. The van der Waals surface area contributed by atoms with Gasteiger partial charge < -0.3 is 18.8 Å². The standard InChI is InChI=1S/C5H9NO4.BrH.Mg.2H/c6-3(5(9)10)1-2-4(7)8;;;;/h3H,1-2,6H2,(H,7,8)(H,9,10);1H;;;/q;;+2;2*-1/t3-;;;;/m0..../s1. The fourth-order valence-electron chi connectivity index (χ4n) is 0.402. The largest absolute Gasteiger partial charge is 2.00 e. The van der Waals surface area contributed by atoms with Gasteiger partial charge in [-0.3, -0.25) is 9.59 Å². The number of carboxylic acids is 2. The molecule has 0 aromatic heterocycles. The minimum atomic E-state index is -1.17. The van der Waals surface area contributed by atoms with Crippen molar-refractivity contribution in [3.05, 3.63) is 0 Å². The molecule has 0 rings (SSSR count). The average molecular weight is 254 g/mol. The summed E-state index contributed by atoms with van der Waals surface area (Å²) >= 11 is 0. The molecule has 4 N–H and O–H groups in total. The zero-order valence-electron chi connectivity index (χ0n) is 8.40. The molecule has 0 saturated heterocycles. The summed E-state index contributed by atoms with van der Waals surface area (Å²) in [4.78, 5) is 19.9. The molecule has 1 atom stereocenters. The van der Waals surface area contributed by atoms with Crippen LogP contribution in [-0.2, 0) is 9.59 Å². The van der Waals surface area contributed by atoms with Crippen molar-refractivity contribution in [2.24, 2.45) is 5.73 Å². The third-order valence-corrected chi connectivity index (χ3v) is 0.986. The Morgan fingerprint density at radius 2 is 1.83 bits per heavy atom. The predicted molar refractivity (Wildman–Crippen MR) is 50.8 cm³/mol. The molecule has 0 aromatic carbocycles. The van der Waals surface area contributed by atoms with Gasteiger partial charge in [-0.15, -0.1) is 17.0 Å². The molecule has 0 bridgehead atoms. The topological polar surface area (TPSA) is 101 Å². The molecule has 0 aliphatic heterocycles. The van der Waals surface area contributed by atoms with Crippen LogP contribution >= 0.6 is 17.0 Å². The zero-order valence-corrected chi connectivity index (χ0v) is 9.52. The van der Waals surface area contributed by atoms with Gasteiger partial charge in [-0.2, -0.15) is 0 Å². The van der Waals surface area contributed by atoms with E-state index >= 15 is 0 Å². The minimum Gasteiger partial charge on any atom is -1.00 e. The third kappa shape index (κ3) is 10.1. The Hall–Kier alpha value is 0.146. The monoisotopic (exact) mass is 253 g/mol. The first-order valence-corrected chi connectivity index (χ1v) is 2.74. The van der Waals surface area contributed by atoms with E-state index in [1.807, 2.05) is 0 Å². The van der Waals surface area contributed by atoms with Crippen molar-refractivity contribution in [1.82, 2.24) is 0 Å². The number of hydrogen-bond acceptors (Lipinski definition) is 3. The van der Waals surface area contributed by atoms with E-state index in [4.69, 9.17) is 15.9 Å². The zero-order chi connectivity index (χ0) is 8.15. The third-order valence-electron chi connectivity index (χ3n) is 0.986. The number of rotatable bonds is 4. The molecular formula is C5H12BrMgNO4. The van der Waals surface area contributed by atoms with Crippen molar-refractivity contribution in [2.45, 2.75) is 18.9 Å². The molecular weight excluding hydrogens is 242 g/mol. The minimum absolute atomic E-state index is 0. The molecule has 0 saturated carbocycles. The van der Waals surface area contributed by atoms with Crippen molar-refractivity contribution in [3.63, 3.8) is 0 Å². The Labute approximate surface area is 99.2 Å². The van der Waals surface area contributed by atoms with Gasteiger partial charge >= 0.3 is 35.0 Å². The van der Waals surface area contributed by atoms with Gasteiger partial charge in [0.05, 0.1) is 0 Å². The molecule has 0 amide bonds. The van der Waals surface area contributed by atoms with E-state index in [0.717, 1.165) is 0 Å². The van der Waals surface area contributed by atoms with E-state index < -0.39 is 18.0 Å². The van der Waals surface area contributed by atoms with Gasteiger partial charge in [-0.1, -0.05) is 0 Å². The Bertz CT molecular complexity index is 163. The van der Waals surface area contributed by atoms with Gasteiger partial charge in [0.15, 0.2) is 0 Å². The van der Waals surface area contributed by atoms with Gasteiger partial charge in [0.2, 0.25) is 0 Å². The number of carbonyl (C=O) groups is 2. The van der Waals surface area contributed by atoms with Crippen molar-refractivity contribution < 1.29 is 22.7 Å². The van der Waals surface area contributed by atoms with Gasteiger partial charge in [-0.05, 0) is 6.42 Å². The van der Waals surface area contributed by atoms with Crippen LogP contribution in [0.4, 0.5) is 0 Å². The fraction of sp³-hybridized carbons (Fsp3) is 0.600. The summed E-state index contributed by atoms with van der Waals surface area (Å²) in [6.45, 7) is 0. The first kappa shape index (κ1) is 18.0. The summed E-state index contributed by atoms with van der Waals surface area (Å²) < 4.78 is 0. The summed E-state index contributed by atoms with van der Waals surface area (Å²) in [5, 5.41) is 16.3. The number of hydrogen-bond donors (Lipinski definition) is 3. The number of carboxylic acid groups (broad SMARTS) is 2. The van der Waals surface area contributed by atoms with Crippen LogP contribution in [0.3, 0.4) is 0 Å². The van der Waals surface area contributed by atoms with Crippen LogP contribution < -0.4 is 5.73 Å². The molecule has 0 fully saturated rings. The molecule has 12 heavy (non-hydrogen) atoms. The summed E-state index contributed by atoms with van der Waals surface area (Å²) in [6.07, 6.45) is -0.224. The van der Waals surface area contributed by atoms with E-state index in [0.29, 0.717) is 0 Å². The molecule has 5 nitrogen and oxygen atoms in total. The smallest absolute Gasteiger partial charge is 1.00 e. The maximum atomic E-state index is 9.99. The van der Waals surface area contributed by atoms with E-state index in [1.165, 1.54) is 0 Å². The number of aliphatic carboxylic acids is 2. The van der Waals surface area contributed by atoms with Crippen molar-refractivity contribution >= 4 is 52.0 Å². The van der Waals surface area contributed by atoms with E-state index in [1.54, 1.807) is 0 Å². The van der Waals surface area contributed by atoms with Crippen LogP contribution in [0, 0.1) is 0 Å². The molecule has 70 valence electrons. The number of nitrogens with two attached hydrogens (primary N) is 1. The second kappa shape index (κ2) is 9.24. The molecule has 7 heteroatoms. The second-order valence-electron chi connectivity index (χ2n) is 1.88. The summed E-state index contributed by atoms with van der Waals surface area (Å²) in [5.74, 6) is -2.20. The van der Waals surface area contributed by atoms with Crippen LogP contribution in [0.5, 0.6) is 0 Å². The van der Waals surface area contributed by atoms with Gasteiger partial charge in [0.1, 0.15) is 6.04 Å². The maximum Gasteiger partial charge on any atom is 2.00 e. The normalized spacial score (nSPS) is 10.4. The Morgan fingerprint density at radius 1 is 1.42 bits per heavy atom. The van der Waals surface area contributed by atoms with Gasteiger partial charge in [0.25, 0.3) is 0 Å². The quantitative estimate of drug-likeness (QED) is 0.597. The molecule has 0 spiro atoms. The Balaban J connectivity index is -0.0000000675. The fourth-order valence-corrected chi connectivity index (χ4v) is 0.402. The maximum absolute atomic E-state index is 9.99. The van der Waals surface area contributed by atoms with E-state index in [2.05, 4.69) is 0 Å². The summed E-state index contributed by atoms with van der Waals surface area (Å²) in [6, 6.07) is -1.06. The van der Waals surface area contributed by atoms with Gasteiger partial charge in [0, 0.05) is 6.42 Å². The Kier molecular flexibility index (Phi) is 13.9. The van der Waals surface area contributed by atoms with Crippen LogP contribution in [0.2, 0.25) is 0 Å². The van der Waals surface area contributed by atoms with Crippen LogP contribution in [0.25, 0.3) is 0 Å². The summed E-state index contributed by atoms with van der Waals surface area (Å²) in [7, 11) is 0. The number of halogens is 1. The first-order valence-electron chi connectivity index (χ1n) is 2.74. The van der Waals surface area contributed by atoms with E-state index in [9.17, 15) is 9.59 Å². The van der Waals surface area contributed by atoms with Crippen molar-refractivity contribution in [3.8, 4) is 0 Å². The van der Waals surface area contributed by atoms with Crippen LogP contribution in [0.1, 0.15) is 15.7 Å². The summed E-state index contributed by atoms with van der Waals surface area (Å²) in [5.41, 5.74) is 5.00. The van der Waals surface area contributed by atoms with Gasteiger partial charge in [-0.25, -0.2) is 0 Å². The molecule has 0 aliphatic carbocycles. The second-order valence-corrected chi connectivity index (χ2v) is 1.88. The van der Waals surface area contributed by atoms with Crippen LogP contribution in [-0.4, -0.2) is 51.2 Å². The van der Waals surface area contributed by atoms with E-state index in [-0.39, 0.29) is 55.7 Å². The molecule has 0 radical (unpaired) electrons. The average Bonchev–Trinajstić information content (AvgIpc) is 1.82. The molecule has 0 unspecified atom stereocenters. The van der Waals surface area contributed by atoms with Crippen molar-refractivity contribution in [2.75, 3.05) is 0 Å². The Morgan fingerprint density at radius 3 is 2.08 bits per heavy atom. The molecule has 0 aromatic rings. The molecule has 0 heterocycles. The van der Waals surface area contributed by atoms with Crippen molar-refractivity contribution in [1.29, 1.82) is 0 Å². The SMILES string of the molecule is Br.N[C@@H](CCC(=O)O)C(=O)O.[H-].[H-].[Mg+2]. The first-order chi connectivity index (χ1) is 4.54. The van der Waals surface area contributed by atoms with Crippen LogP contribution in [0.15, 0.2) is 0 Å².